The van der Waals surface area contributed by atoms with Gasteiger partial charge in [0.1, 0.15) is 6.10 Å². The second-order valence-corrected chi connectivity index (χ2v) is 6.52. The summed E-state index contributed by atoms with van der Waals surface area (Å²) in [4.78, 5) is 17.5. The molecule has 0 saturated heterocycles. The molecule has 118 valence electrons. The number of oxime groups is 1. The Balaban J connectivity index is 1.47. The number of benzene rings is 1. The van der Waals surface area contributed by atoms with Crippen LogP contribution in [0.5, 0.6) is 0 Å². The monoisotopic (exact) mass is 320 g/mol. The van der Waals surface area contributed by atoms with E-state index in [1.165, 1.54) is 19.3 Å². The Kier molecular flexibility index (Phi) is 4.98. The standard InChI is InChI=1S/C17H21ClN2O2/c18-13-8-6-12(7-9-13)16-10-15(22-20-16)11-17(21)19-14-4-2-1-3-5-14/h6-9,14-15H,1-5,10-11H2,(H,19,21)/t15-/m1/s1. The lowest BCUT2D eigenvalue weighted by Gasteiger charge is -2.23. The summed E-state index contributed by atoms with van der Waals surface area (Å²) in [6.45, 7) is 0. The molecule has 1 aliphatic carbocycles. The first kappa shape index (κ1) is 15.3. The van der Waals surface area contributed by atoms with Gasteiger partial charge in [-0.15, -0.1) is 0 Å². The molecule has 0 aromatic heterocycles. The zero-order chi connectivity index (χ0) is 15.4. The molecule has 0 unspecified atom stereocenters. The van der Waals surface area contributed by atoms with E-state index >= 15 is 0 Å². The number of hydrogen-bond donors (Lipinski definition) is 1. The van der Waals surface area contributed by atoms with Crippen molar-refractivity contribution in [2.24, 2.45) is 5.16 Å². The van der Waals surface area contributed by atoms with E-state index in [0.29, 0.717) is 23.9 Å². The van der Waals surface area contributed by atoms with E-state index in [9.17, 15) is 4.79 Å². The van der Waals surface area contributed by atoms with Crippen LogP contribution < -0.4 is 5.32 Å². The maximum atomic E-state index is 12.1. The van der Waals surface area contributed by atoms with Crippen LogP contribution in [0.25, 0.3) is 0 Å². The second-order valence-electron chi connectivity index (χ2n) is 6.08. The largest absolute Gasteiger partial charge is 0.391 e. The molecule has 1 amide bonds. The van der Waals surface area contributed by atoms with E-state index in [0.717, 1.165) is 24.1 Å². The van der Waals surface area contributed by atoms with Crippen molar-refractivity contribution in [3.05, 3.63) is 34.9 Å². The third-order valence-electron chi connectivity index (χ3n) is 4.29. The van der Waals surface area contributed by atoms with Gasteiger partial charge in [-0.3, -0.25) is 4.79 Å². The highest BCUT2D eigenvalue weighted by Gasteiger charge is 2.26. The molecule has 1 atom stereocenters. The second kappa shape index (κ2) is 7.14. The summed E-state index contributed by atoms with van der Waals surface area (Å²) in [7, 11) is 0. The molecule has 0 bridgehead atoms. The molecule has 4 nitrogen and oxygen atoms in total. The fourth-order valence-corrected chi connectivity index (χ4v) is 3.22. The minimum Gasteiger partial charge on any atom is -0.391 e. The molecular formula is C17H21ClN2O2. The molecule has 5 heteroatoms. The Hall–Kier alpha value is -1.55. The fraction of sp³-hybridized carbons (Fsp3) is 0.529. The van der Waals surface area contributed by atoms with Crippen LogP contribution in [0, 0.1) is 0 Å². The number of halogens is 1. The van der Waals surface area contributed by atoms with E-state index < -0.39 is 0 Å². The topological polar surface area (TPSA) is 50.7 Å². The van der Waals surface area contributed by atoms with Crippen LogP contribution in [0.4, 0.5) is 0 Å². The molecule has 0 radical (unpaired) electrons. The predicted molar refractivity (Wildman–Crippen MR) is 87.1 cm³/mol. The van der Waals surface area contributed by atoms with Crippen molar-refractivity contribution in [2.75, 3.05) is 0 Å². The summed E-state index contributed by atoms with van der Waals surface area (Å²) in [5.41, 5.74) is 1.88. The van der Waals surface area contributed by atoms with Crippen molar-refractivity contribution in [1.82, 2.24) is 5.32 Å². The number of amides is 1. The van der Waals surface area contributed by atoms with E-state index in [1.807, 2.05) is 24.3 Å². The van der Waals surface area contributed by atoms with E-state index in [-0.39, 0.29) is 12.0 Å². The average Bonchev–Trinajstić information content (AvgIpc) is 2.97. The van der Waals surface area contributed by atoms with Gasteiger partial charge in [0.25, 0.3) is 0 Å². The molecule has 0 spiro atoms. The normalized spacial score (nSPS) is 22.0. The highest BCUT2D eigenvalue weighted by molar-refractivity contribution is 6.30. The van der Waals surface area contributed by atoms with Crippen molar-refractivity contribution in [2.45, 2.75) is 57.1 Å². The quantitative estimate of drug-likeness (QED) is 0.920. The summed E-state index contributed by atoms with van der Waals surface area (Å²) in [6.07, 6.45) is 6.80. The molecule has 1 N–H and O–H groups in total. The lowest BCUT2D eigenvalue weighted by atomic mass is 9.95. The zero-order valence-electron chi connectivity index (χ0n) is 12.6. The smallest absolute Gasteiger partial charge is 0.224 e. The Labute approximate surface area is 135 Å². The summed E-state index contributed by atoms with van der Waals surface area (Å²) >= 11 is 5.88. The van der Waals surface area contributed by atoms with Crippen molar-refractivity contribution in [3.8, 4) is 0 Å². The van der Waals surface area contributed by atoms with Crippen LogP contribution in [0.2, 0.25) is 5.02 Å². The summed E-state index contributed by atoms with van der Waals surface area (Å²) < 4.78 is 0. The average molecular weight is 321 g/mol. The van der Waals surface area contributed by atoms with Crippen molar-refractivity contribution >= 4 is 23.2 Å². The third-order valence-corrected chi connectivity index (χ3v) is 4.55. The van der Waals surface area contributed by atoms with Crippen LogP contribution >= 0.6 is 11.6 Å². The summed E-state index contributed by atoms with van der Waals surface area (Å²) in [5, 5.41) is 7.93. The molecular weight excluding hydrogens is 300 g/mol. The van der Waals surface area contributed by atoms with Gasteiger partial charge in [-0.05, 0) is 30.5 Å². The Morgan fingerprint density at radius 2 is 1.95 bits per heavy atom. The first-order chi connectivity index (χ1) is 10.7. The van der Waals surface area contributed by atoms with E-state index in [2.05, 4.69) is 10.5 Å². The molecule has 1 aliphatic heterocycles. The molecule has 1 aromatic rings. The van der Waals surface area contributed by atoms with Crippen LogP contribution in [0.1, 0.15) is 50.5 Å². The van der Waals surface area contributed by atoms with Crippen LogP contribution in [-0.2, 0) is 9.63 Å². The fourth-order valence-electron chi connectivity index (χ4n) is 3.09. The molecule has 1 heterocycles. The third kappa shape index (κ3) is 4.01. The van der Waals surface area contributed by atoms with Gasteiger partial charge in [-0.25, -0.2) is 0 Å². The minimum atomic E-state index is -0.158. The van der Waals surface area contributed by atoms with Gasteiger partial charge in [-0.2, -0.15) is 0 Å². The van der Waals surface area contributed by atoms with Gasteiger partial charge < -0.3 is 10.2 Å². The van der Waals surface area contributed by atoms with E-state index in [4.69, 9.17) is 16.4 Å². The Morgan fingerprint density at radius 1 is 1.23 bits per heavy atom. The molecule has 1 fully saturated rings. The molecule has 3 rings (SSSR count). The highest BCUT2D eigenvalue weighted by atomic mass is 35.5. The minimum absolute atomic E-state index is 0.0736. The maximum absolute atomic E-state index is 12.1. The van der Waals surface area contributed by atoms with Gasteiger partial charge in [-0.1, -0.05) is 48.2 Å². The van der Waals surface area contributed by atoms with Crippen molar-refractivity contribution < 1.29 is 9.63 Å². The van der Waals surface area contributed by atoms with E-state index in [1.54, 1.807) is 0 Å². The highest BCUT2D eigenvalue weighted by Crippen LogP contribution is 2.21. The number of rotatable bonds is 4. The van der Waals surface area contributed by atoms with Gasteiger partial charge in [0.15, 0.2) is 0 Å². The molecule has 22 heavy (non-hydrogen) atoms. The van der Waals surface area contributed by atoms with Gasteiger partial charge in [0.2, 0.25) is 5.91 Å². The Morgan fingerprint density at radius 3 is 2.68 bits per heavy atom. The predicted octanol–water partition coefficient (Wildman–Crippen LogP) is 3.67. The lowest BCUT2D eigenvalue weighted by Crippen LogP contribution is -2.37. The molecule has 1 saturated carbocycles. The zero-order valence-corrected chi connectivity index (χ0v) is 13.3. The van der Waals surface area contributed by atoms with Crippen molar-refractivity contribution in [3.63, 3.8) is 0 Å². The SMILES string of the molecule is O=C(C[C@H]1CC(c2ccc(Cl)cc2)=NO1)NC1CCCCC1. The van der Waals surface area contributed by atoms with Gasteiger partial charge in [0, 0.05) is 17.5 Å². The number of carbonyl (C=O) groups excluding carboxylic acids is 1. The Bertz CT molecular complexity index is 550. The van der Waals surface area contributed by atoms with Gasteiger partial charge >= 0.3 is 0 Å². The van der Waals surface area contributed by atoms with Crippen LogP contribution in [0.3, 0.4) is 0 Å². The summed E-state index contributed by atoms with van der Waals surface area (Å²) in [5.74, 6) is 0.0736. The number of nitrogens with zero attached hydrogens (tertiary/aromatic N) is 1. The van der Waals surface area contributed by atoms with Crippen molar-refractivity contribution in [1.29, 1.82) is 0 Å². The number of carbonyl (C=O) groups is 1. The van der Waals surface area contributed by atoms with Crippen LogP contribution in [-0.4, -0.2) is 23.8 Å². The first-order valence-electron chi connectivity index (χ1n) is 7.99. The molecule has 1 aromatic carbocycles. The van der Waals surface area contributed by atoms with Crippen LogP contribution in [0.15, 0.2) is 29.4 Å². The summed E-state index contributed by atoms with van der Waals surface area (Å²) in [6, 6.07) is 7.87. The first-order valence-corrected chi connectivity index (χ1v) is 8.36. The number of hydrogen-bond acceptors (Lipinski definition) is 3. The lowest BCUT2D eigenvalue weighted by molar-refractivity contribution is -0.124. The number of nitrogens with one attached hydrogen (secondary N) is 1. The molecule has 2 aliphatic rings. The van der Waals surface area contributed by atoms with Gasteiger partial charge in [0.05, 0.1) is 12.1 Å². The maximum Gasteiger partial charge on any atom is 0.224 e.